The van der Waals surface area contributed by atoms with Gasteiger partial charge < -0.3 is 19.7 Å². The van der Waals surface area contributed by atoms with Gasteiger partial charge in [0.2, 0.25) is 0 Å². The number of benzene rings is 2. The Labute approximate surface area is 291 Å². The van der Waals surface area contributed by atoms with Crippen molar-refractivity contribution in [3.05, 3.63) is 46.5 Å². The Morgan fingerprint density at radius 2 is 0.958 bits per heavy atom. The molecule has 1 aliphatic rings. The number of aliphatic imine (C=N–C) groups is 2. The SMILES string of the molecule is CC(C)Oc1cc(C=NC2CCCCC2N=Cc2cc(OC(C)C)cc(C(C)(C)C)c2O)c(O)c(C(C)(C)C)c1.F[P-](F)(F)(F)(F)F.[Mn]. The molecule has 6 nitrogen and oxygen atoms in total. The molecule has 2 aromatic rings. The standard InChI is InChI=1S/C34H50N2O4.F6P.Mn/c1-21(2)39-25-15-23(31(37)27(17-25)33(5,6)7)19-35-29-13-11-12-14-30(29)36-20-24-16-26(40-22(3)4)18-28(32(24)38)34(8,9)10;1-7(2,3,4,5)6;/h15-22,29-30,37-38H,11-14H2,1-10H3;;/q;-1;. The molecule has 3 rings (SSSR count). The van der Waals surface area contributed by atoms with Crippen LogP contribution in [0.3, 0.4) is 0 Å². The van der Waals surface area contributed by atoms with E-state index in [4.69, 9.17) is 19.5 Å². The van der Waals surface area contributed by atoms with E-state index in [1.165, 1.54) is 0 Å². The number of rotatable bonds is 8. The zero-order valence-electron chi connectivity index (χ0n) is 29.3. The van der Waals surface area contributed by atoms with Gasteiger partial charge in [0.15, 0.2) is 0 Å². The van der Waals surface area contributed by atoms with Crippen LogP contribution in [0.15, 0.2) is 34.3 Å². The van der Waals surface area contributed by atoms with E-state index in [0.29, 0.717) is 11.1 Å². The molecule has 0 spiro atoms. The van der Waals surface area contributed by atoms with E-state index in [2.05, 4.69) is 41.5 Å². The normalized spacial score (nSPS) is 19.0. The molecule has 0 saturated heterocycles. The molecule has 1 radical (unpaired) electrons. The minimum Gasteiger partial charge on any atom is 0 e. The predicted octanol–water partition coefficient (Wildman–Crippen LogP) is 11.5. The quantitative estimate of drug-likeness (QED) is 0.122. The Hall–Kier alpha value is -2.49. The Kier molecular flexibility index (Phi) is 13.8. The van der Waals surface area contributed by atoms with Crippen molar-refractivity contribution in [2.24, 2.45) is 9.98 Å². The van der Waals surface area contributed by atoms with Gasteiger partial charge in [0.1, 0.15) is 23.0 Å². The fourth-order valence-corrected chi connectivity index (χ4v) is 5.07. The number of phenols is 2. The largest absolute Gasteiger partial charge is 0 e. The molecule has 1 fully saturated rings. The molecule has 0 heterocycles. The van der Waals surface area contributed by atoms with E-state index in [1.807, 2.05) is 52.0 Å². The van der Waals surface area contributed by atoms with E-state index >= 15 is 0 Å². The number of phenolic OH excluding ortho intramolecular Hbond substituents is 2. The van der Waals surface area contributed by atoms with Crippen LogP contribution in [0.4, 0.5) is 25.2 Å². The molecule has 0 aliphatic heterocycles. The van der Waals surface area contributed by atoms with Gasteiger partial charge in [0, 0.05) is 51.8 Å². The number of ether oxygens (including phenoxy) is 2. The first-order chi connectivity index (χ1) is 21.0. The van der Waals surface area contributed by atoms with Crippen LogP contribution in [0.1, 0.15) is 117 Å². The summed E-state index contributed by atoms with van der Waals surface area (Å²) in [5.41, 5.74) is 2.48. The molecule has 0 bridgehead atoms. The summed E-state index contributed by atoms with van der Waals surface area (Å²) in [5.74, 6) is 1.94. The molecule has 1 saturated carbocycles. The average Bonchev–Trinajstić information content (AvgIpc) is 2.85. The van der Waals surface area contributed by atoms with Gasteiger partial charge in [-0.25, -0.2) is 0 Å². The maximum Gasteiger partial charge on any atom is 0 e. The number of nitrogens with zero attached hydrogens (tertiary/aromatic N) is 2. The monoisotopic (exact) mass is 750 g/mol. The van der Waals surface area contributed by atoms with Gasteiger partial charge in [-0.2, -0.15) is 0 Å². The summed E-state index contributed by atoms with van der Waals surface area (Å²) in [7, 11) is -10.7. The van der Waals surface area contributed by atoms with Crippen LogP contribution >= 0.6 is 7.81 Å². The average molecular weight is 751 g/mol. The Morgan fingerprint density at radius 1 is 0.667 bits per heavy atom. The third-order valence-corrected chi connectivity index (χ3v) is 7.09. The molecule has 2 atom stereocenters. The summed E-state index contributed by atoms with van der Waals surface area (Å²) in [4.78, 5) is 9.89. The second kappa shape index (κ2) is 15.2. The van der Waals surface area contributed by atoms with E-state index in [-0.39, 0.29) is 63.7 Å². The first-order valence-electron chi connectivity index (χ1n) is 15.7. The van der Waals surface area contributed by atoms with Gasteiger partial charge in [-0.3, -0.25) is 9.98 Å². The Balaban J connectivity index is 0.00000130. The first kappa shape index (κ1) is 43.5. The van der Waals surface area contributed by atoms with Crippen molar-refractivity contribution in [1.29, 1.82) is 0 Å². The molecule has 0 aromatic heterocycles. The van der Waals surface area contributed by atoms with Crippen molar-refractivity contribution in [1.82, 2.24) is 0 Å². The molecular weight excluding hydrogens is 700 g/mol. The molecule has 2 N–H and O–H groups in total. The number of aromatic hydroxyl groups is 2. The molecule has 2 aromatic carbocycles. The molecule has 48 heavy (non-hydrogen) atoms. The minimum atomic E-state index is -10.7. The van der Waals surface area contributed by atoms with Gasteiger partial charge in [0.05, 0.1) is 24.3 Å². The molecule has 1 aliphatic carbocycles. The van der Waals surface area contributed by atoms with Gasteiger partial charge in [0.25, 0.3) is 0 Å². The second-order valence-corrected chi connectivity index (χ2v) is 16.5. The summed E-state index contributed by atoms with van der Waals surface area (Å²) in [6, 6.07) is 7.54. The van der Waals surface area contributed by atoms with Crippen molar-refractivity contribution >= 4 is 20.2 Å². The second-order valence-electron chi connectivity index (χ2n) is 14.6. The Morgan fingerprint density at radius 3 is 1.21 bits per heavy atom. The summed E-state index contributed by atoms with van der Waals surface area (Å²) >= 11 is 0. The summed E-state index contributed by atoms with van der Waals surface area (Å²) < 4.78 is 71.2. The van der Waals surface area contributed by atoms with Gasteiger partial charge >= 0.3 is 33.0 Å². The predicted molar refractivity (Wildman–Crippen MR) is 180 cm³/mol. The van der Waals surface area contributed by atoms with Gasteiger partial charge in [-0.1, -0.05) is 54.4 Å². The number of hydrogen-bond donors (Lipinski definition) is 2. The van der Waals surface area contributed by atoms with Crippen molar-refractivity contribution in [3.8, 4) is 23.0 Å². The topological polar surface area (TPSA) is 83.6 Å². The molecule has 0 amide bonds. The van der Waals surface area contributed by atoms with Crippen LogP contribution in [-0.4, -0.2) is 46.9 Å². The van der Waals surface area contributed by atoms with Crippen LogP contribution < -0.4 is 9.47 Å². The Bertz CT molecular complexity index is 1350. The van der Waals surface area contributed by atoms with E-state index in [0.717, 1.165) is 48.3 Å². The molecule has 14 heteroatoms. The van der Waals surface area contributed by atoms with Gasteiger partial charge in [-0.05, 0) is 75.6 Å². The fraction of sp³-hybridized carbons (Fsp3) is 0.588. The third-order valence-electron chi connectivity index (χ3n) is 7.09. The van der Waals surface area contributed by atoms with Crippen LogP contribution in [-0.2, 0) is 27.9 Å². The molecular formula is C34H50F6MnN2O4P-. The first-order valence-corrected chi connectivity index (χ1v) is 17.7. The molecule has 275 valence electrons. The van der Waals surface area contributed by atoms with Crippen molar-refractivity contribution < 1.29 is 61.9 Å². The van der Waals surface area contributed by atoms with Crippen LogP contribution in [0.2, 0.25) is 0 Å². The van der Waals surface area contributed by atoms with Crippen LogP contribution in [0.5, 0.6) is 23.0 Å². The zero-order chi connectivity index (χ0) is 36.2. The third kappa shape index (κ3) is 15.8. The maximum absolute atomic E-state index is 11.1. The maximum atomic E-state index is 11.1. The van der Waals surface area contributed by atoms with E-state index < -0.39 is 7.81 Å². The zero-order valence-corrected chi connectivity index (χ0v) is 31.4. The van der Waals surface area contributed by atoms with Crippen molar-refractivity contribution in [2.75, 3.05) is 0 Å². The van der Waals surface area contributed by atoms with Crippen LogP contribution in [0, 0.1) is 0 Å². The summed E-state index contributed by atoms with van der Waals surface area (Å²) in [6.07, 6.45) is 7.62. The van der Waals surface area contributed by atoms with Crippen molar-refractivity contribution in [2.45, 2.75) is 130 Å². The molecule has 2 unspecified atom stereocenters. The fourth-order valence-electron chi connectivity index (χ4n) is 5.07. The number of hydrogen-bond acceptors (Lipinski definition) is 6. The summed E-state index contributed by atoms with van der Waals surface area (Å²) in [5, 5.41) is 22.2. The summed E-state index contributed by atoms with van der Waals surface area (Å²) in [6.45, 7) is 20.5. The number of halogens is 6. The minimum absolute atomic E-state index is 0. The van der Waals surface area contributed by atoms with Crippen LogP contribution in [0.25, 0.3) is 0 Å². The van der Waals surface area contributed by atoms with E-state index in [9.17, 15) is 35.4 Å². The van der Waals surface area contributed by atoms with E-state index in [1.54, 1.807) is 12.4 Å². The van der Waals surface area contributed by atoms with Crippen molar-refractivity contribution in [3.63, 3.8) is 0 Å². The van der Waals surface area contributed by atoms with Gasteiger partial charge in [-0.15, -0.1) is 0 Å². The smallest absolute Gasteiger partial charge is 0 e.